The van der Waals surface area contributed by atoms with Crippen molar-refractivity contribution in [2.45, 2.75) is 32.2 Å². The van der Waals surface area contributed by atoms with E-state index in [4.69, 9.17) is 4.74 Å². The predicted octanol–water partition coefficient (Wildman–Crippen LogP) is 4.95. The molecule has 170 valence electrons. The molecule has 0 radical (unpaired) electrons. The molecule has 33 heavy (non-hydrogen) atoms. The zero-order chi connectivity index (χ0) is 23.2. The van der Waals surface area contributed by atoms with Crippen LogP contribution in [0.3, 0.4) is 0 Å². The number of likely N-dealkylation sites (tertiary alicyclic amines) is 1. The van der Waals surface area contributed by atoms with E-state index in [1.165, 1.54) is 5.56 Å². The van der Waals surface area contributed by atoms with E-state index >= 15 is 0 Å². The summed E-state index contributed by atoms with van der Waals surface area (Å²) < 4.78 is 5.19. The first-order valence-electron chi connectivity index (χ1n) is 11.4. The highest BCUT2D eigenvalue weighted by Gasteiger charge is 2.26. The van der Waals surface area contributed by atoms with Crippen molar-refractivity contribution in [1.82, 2.24) is 10.2 Å². The quantitative estimate of drug-likeness (QED) is 0.587. The summed E-state index contributed by atoms with van der Waals surface area (Å²) in [5.74, 6) is 0.903. The maximum atomic E-state index is 13.0. The number of nitrogens with one attached hydrogen (secondary N) is 1. The molecule has 0 spiro atoms. The van der Waals surface area contributed by atoms with Crippen LogP contribution in [0, 0.1) is 6.92 Å². The molecule has 0 bridgehead atoms. The van der Waals surface area contributed by atoms with Crippen LogP contribution >= 0.6 is 0 Å². The largest absolute Gasteiger partial charge is 0.497 e. The number of hydrogen-bond donors (Lipinski definition) is 1. The zero-order valence-electron chi connectivity index (χ0n) is 19.2. The molecule has 4 rings (SSSR count). The summed E-state index contributed by atoms with van der Waals surface area (Å²) in [6.07, 6.45) is 1.94. The van der Waals surface area contributed by atoms with Crippen molar-refractivity contribution in [3.63, 3.8) is 0 Å². The second-order valence-electron chi connectivity index (χ2n) is 8.62. The van der Waals surface area contributed by atoms with E-state index in [0.29, 0.717) is 24.2 Å². The van der Waals surface area contributed by atoms with E-state index < -0.39 is 0 Å². The Morgan fingerprint density at radius 2 is 1.79 bits per heavy atom. The van der Waals surface area contributed by atoms with Crippen molar-refractivity contribution in [2.75, 3.05) is 20.2 Å². The average Bonchev–Trinajstić information content (AvgIpc) is 2.87. The van der Waals surface area contributed by atoms with Crippen molar-refractivity contribution >= 4 is 11.8 Å². The molecule has 1 N–H and O–H groups in total. The smallest absolute Gasteiger partial charge is 0.253 e. The molecule has 1 heterocycles. The number of methoxy groups -OCH3 is 1. The third-order valence-corrected chi connectivity index (χ3v) is 6.20. The van der Waals surface area contributed by atoms with Gasteiger partial charge in [0.2, 0.25) is 0 Å². The number of hydrogen-bond acceptors (Lipinski definition) is 3. The van der Waals surface area contributed by atoms with Gasteiger partial charge in [-0.1, -0.05) is 42.0 Å². The fourth-order valence-electron chi connectivity index (χ4n) is 4.39. The van der Waals surface area contributed by atoms with Crippen LogP contribution in [-0.2, 0) is 6.54 Å². The van der Waals surface area contributed by atoms with Crippen LogP contribution in [0.25, 0.3) is 0 Å². The molecule has 0 aromatic heterocycles. The topological polar surface area (TPSA) is 58.6 Å². The van der Waals surface area contributed by atoms with E-state index in [2.05, 4.69) is 17.4 Å². The van der Waals surface area contributed by atoms with E-state index in [1.54, 1.807) is 7.11 Å². The minimum absolute atomic E-state index is 0.0365. The van der Waals surface area contributed by atoms with Gasteiger partial charge in [0.15, 0.2) is 0 Å². The van der Waals surface area contributed by atoms with Crippen molar-refractivity contribution in [1.29, 1.82) is 0 Å². The maximum Gasteiger partial charge on any atom is 0.253 e. The van der Waals surface area contributed by atoms with E-state index in [1.807, 2.05) is 72.5 Å². The molecule has 1 fully saturated rings. The van der Waals surface area contributed by atoms with Crippen molar-refractivity contribution in [2.24, 2.45) is 0 Å². The first-order valence-corrected chi connectivity index (χ1v) is 11.4. The number of carbonyl (C=O) groups is 2. The highest BCUT2D eigenvalue weighted by atomic mass is 16.5. The SMILES string of the molecule is COc1ccc(C(=O)N2CCC[C@H](c3cccc(C(=O)NCc4cccc(C)c4)c3)C2)cc1. The van der Waals surface area contributed by atoms with E-state index in [9.17, 15) is 9.59 Å². The van der Waals surface area contributed by atoms with Gasteiger partial charge in [-0.25, -0.2) is 0 Å². The second kappa shape index (κ2) is 10.3. The van der Waals surface area contributed by atoms with Crippen molar-refractivity contribution in [3.05, 3.63) is 101 Å². The Morgan fingerprint density at radius 1 is 1.00 bits per heavy atom. The summed E-state index contributed by atoms with van der Waals surface area (Å²) in [6, 6.07) is 23.2. The number of amides is 2. The lowest BCUT2D eigenvalue weighted by Gasteiger charge is -2.33. The Kier molecular flexibility index (Phi) is 7.08. The molecule has 2 amide bonds. The van der Waals surface area contributed by atoms with Crippen LogP contribution in [-0.4, -0.2) is 36.9 Å². The monoisotopic (exact) mass is 442 g/mol. The number of carbonyl (C=O) groups excluding carboxylic acids is 2. The molecule has 5 nitrogen and oxygen atoms in total. The minimum Gasteiger partial charge on any atom is -0.497 e. The molecule has 1 aliphatic rings. The third-order valence-electron chi connectivity index (χ3n) is 6.20. The Morgan fingerprint density at radius 3 is 2.55 bits per heavy atom. The van der Waals surface area contributed by atoms with E-state index in [-0.39, 0.29) is 17.7 Å². The summed E-state index contributed by atoms with van der Waals surface area (Å²) in [5.41, 5.74) is 4.68. The van der Waals surface area contributed by atoms with Gasteiger partial charge in [0.25, 0.3) is 11.8 Å². The Bertz CT molecular complexity index is 1120. The fraction of sp³-hybridized carbons (Fsp3) is 0.286. The Labute approximate surface area is 195 Å². The highest BCUT2D eigenvalue weighted by molar-refractivity contribution is 5.95. The van der Waals surface area contributed by atoms with Gasteiger partial charge >= 0.3 is 0 Å². The molecular formula is C28H30N2O3. The molecular weight excluding hydrogens is 412 g/mol. The van der Waals surface area contributed by atoms with Gasteiger partial charge in [-0.3, -0.25) is 9.59 Å². The second-order valence-corrected chi connectivity index (χ2v) is 8.62. The number of aryl methyl sites for hydroxylation is 1. The van der Waals surface area contributed by atoms with Crippen LogP contribution in [0.2, 0.25) is 0 Å². The molecule has 5 heteroatoms. The lowest BCUT2D eigenvalue weighted by Crippen LogP contribution is -2.39. The Balaban J connectivity index is 1.41. The van der Waals surface area contributed by atoms with Gasteiger partial charge in [0.1, 0.15) is 5.75 Å². The van der Waals surface area contributed by atoms with Gasteiger partial charge < -0.3 is 15.0 Å². The first-order chi connectivity index (χ1) is 16.0. The molecule has 3 aromatic carbocycles. The normalized spacial score (nSPS) is 15.7. The molecule has 0 unspecified atom stereocenters. The van der Waals surface area contributed by atoms with Crippen LogP contribution in [0.4, 0.5) is 0 Å². The predicted molar refractivity (Wildman–Crippen MR) is 130 cm³/mol. The van der Waals surface area contributed by atoms with Crippen LogP contribution < -0.4 is 10.1 Å². The fourth-order valence-corrected chi connectivity index (χ4v) is 4.39. The van der Waals surface area contributed by atoms with Gasteiger partial charge in [-0.2, -0.15) is 0 Å². The summed E-state index contributed by atoms with van der Waals surface area (Å²) >= 11 is 0. The summed E-state index contributed by atoms with van der Waals surface area (Å²) in [6.45, 7) is 3.94. The first kappa shape index (κ1) is 22.6. The summed E-state index contributed by atoms with van der Waals surface area (Å²) in [7, 11) is 1.61. The van der Waals surface area contributed by atoms with Crippen molar-refractivity contribution < 1.29 is 14.3 Å². The molecule has 1 saturated heterocycles. The molecule has 0 aliphatic carbocycles. The lowest BCUT2D eigenvalue weighted by molar-refractivity contribution is 0.0706. The number of rotatable bonds is 6. The maximum absolute atomic E-state index is 13.0. The molecule has 3 aromatic rings. The lowest BCUT2D eigenvalue weighted by atomic mass is 9.89. The minimum atomic E-state index is -0.0830. The summed E-state index contributed by atoms with van der Waals surface area (Å²) in [4.78, 5) is 27.7. The highest BCUT2D eigenvalue weighted by Crippen LogP contribution is 2.28. The van der Waals surface area contributed by atoms with Crippen LogP contribution in [0.15, 0.2) is 72.8 Å². The Hall–Kier alpha value is -3.60. The number of piperidine rings is 1. The number of nitrogens with zero attached hydrogens (tertiary/aromatic N) is 1. The standard InChI is InChI=1S/C28H30N2O3/c1-20-6-3-7-21(16-20)18-29-27(31)24-9-4-8-23(17-24)25-10-5-15-30(19-25)28(32)22-11-13-26(33-2)14-12-22/h3-4,6-9,11-14,16-17,25H,5,10,15,18-19H2,1-2H3,(H,29,31)/t25-/m0/s1. The number of ether oxygens (including phenoxy) is 1. The summed E-state index contributed by atoms with van der Waals surface area (Å²) in [5, 5.41) is 3.02. The molecule has 1 atom stereocenters. The van der Waals surface area contributed by atoms with Gasteiger partial charge in [0, 0.05) is 36.7 Å². The van der Waals surface area contributed by atoms with Crippen LogP contribution in [0.1, 0.15) is 56.2 Å². The van der Waals surface area contributed by atoms with Gasteiger partial charge in [0.05, 0.1) is 7.11 Å². The third kappa shape index (κ3) is 5.61. The van der Waals surface area contributed by atoms with Gasteiger partial charge in [-0.05, 0) is 67.3 Å². The molecule has 0 saturated carbocycles. The van der Waals surface area contributed by atoms with E-state index in [0.717, 1.165) is 36.3 Å². The van der Waals surface area contributed by atoms with Crippen LogP contribution in [0.5, 0.6) is 5.75 Å². The average molecular weight is 443 g/mol. The van der Waals surface area contributed by atoms with Gasteiger partial charge in [-0.15, -0.1) is 0 Å². The number of benzene rings is 3. The molecule has 1 aliphatic heterocycles. The van der Waals surface area contributed by atoms with Crippen molar-refractivity contribution in [3.8, 4) is 5.75 Å². The zero-order valence-corrected chi connectivity index (χ0v) is 19.2.